The van der Waals surface area contributed by atoms with Crippen LogP contribution in [0.2, 0.25) is 0 Å². The summed E-state index contributed by atoms with van der Waals surface area (Å²) in [4.78, 5) is 34.1. The normalized spacial score (nSPS) is 17.4. The third-order valence-electron chi connectivity index (χ3n) is 5.51. The number of aromatic nitrogens is 2. The molecule has 5 rings (SSSR count). The Balaban J connectivity index is 1.31. The number of primary amides is 1. The zero-order valence-electron chi connectivity index (χ0n) is 15.7. The van der Waals surface area contributed by atoms with Gasteiger partial charge >= 0.3 is 0 Å². The van der Waals surface area contributed by atoms with E-state index < -0.39 is 12.0 Å². The van der Waals surface area contributed by atoms with E-state index in [2.05, 4.69) is 9.97 Å². The maximum absolute atomic E-state index is 13.0. The maximum atomic E-state index is 13.0. The lowest BCUT2D eigenvalue weighted by atomic mass is 10.1. The number of imidazole rings is 1. The molecule has 3 aromatic rings. The van der Waals surface area contributed by atoms with Gasteiger partial charge in [-0.05, 0) is 23.8 Å². The van der Waals surface area contributed by atoms with Crippen LogP contribution < -0.4 is 10.5 Å². The Morgan fingerprint density at radius 3 is 2.69 bits per heavy atom. The topological polar surface area (TPSA) is 101 Å². The standard InChI is InChI=1S/C22H20N4O3/c23-20(27)13-5-7-14(8-6-13)21-24-16-9-10-26(12-17(16)25-21)22(28)19-11-15-3-1-2-4-18(15)29-19/h1-8,19H,9-12H2,(H2,23,27)(H,24,25)/t19-/m1/s1. The van der Waals surface area contributed by atoms with Crippen molar-refractivity contribution >= 4 is 11.8 Å². The molecule has 7 nitrogen and oxygen atoms in total. The van der Waals surface area contributed by atoms with Crippen molar-refractivity contribution in [1.82, 2.24) is 14.9 Å². The van der Waals surface area contributed by atoms with Crippen molar-refractivity contribution in [3.8, 4) is 17.1 Å². The molecule has 0 saturated carbocycles. The SMILES string of the molecule is NC(=O)c1ccc(-c2nc3c([nH]2)CN(C(=O)[C@H]2Cc4ccccc4O2)CC3)cc1. The number of hydrogen-bond acceptors (Lipinski definition) is 4. The Morgan fingerprint density at radius 2 is 1.93 bits per heavy atom. The number of H-pyrrole nitrogens is 1. The van der Waals surface area contributed by atoms with Crippen LogP contribution in [-0.4, -0.2) is 39.3 Å². The highest BCUT2D eigenvalue weighted by Crippen LogP contribution is 2.30. The summed E-state index contributed by atoms with van der Waals surface area (Å²) in [6.07, 6.45) is 0.841. The first-order valence-electron chi connectivity index (χ1n) is 9.60. The molecule has 0 bridgehead atoms. The number of carbonyl (C=O) groups excluding carboxylic acids is 2. The quantitative estimate of drug-likeness (QED) is 0.717. The van der Waals surface area contributed by atoms with Gasteiger partial charge in [-0.15, -0.1) is 0 Å². The third kappa shape index (κ3) is 3.14. The van der Waals surface area contributed by atoms with Crippen molar-refractivity contribution in [2.75, 3.05) is 6.54 Å². The number of benzene rings is 2. The number of nitrogens with one attached hydrogen (secondary N) is 1. The Morgan fingerprint density at radius 1 is 1.14 bits per heavy atom. The molecule has 0 saturated heterocycles. The molecule has 29 heavy (non-hydrogen) atoms. The molecular formula is C22H20N4O3. The van der Waals surface area contributed by atoms with Gasteiger partial charge in [0, 0.05) is 30.5 Å². The summed E-state index contributed by atoms with van der Waals surface area (Å²) < 4.78 is 5.86. The molecule has 3 heterocycles. The van der Waals surface area contributed by atoms with Crippen LogP contribution >= 0.6 is 0 Å². The van der Waals surface area contributed by atoms with E-state index in [-0.39, 0.29) is 5.91 Å². The van der Waals surface area contributed by atoms with Crippen LogP contribution in [0.25, 0.3) is 11.4 Å². The van der Waals surface area contributed by atoms with E-state index in [1.54, 1.807) is 12.1 Å². The molecular weight excluding hydrogens is 368 g/mol. The van der Waals surface area contributed by atoms with Gasteiger partial charge < -0.3 is 20.4 Å². The molecule has 1 aromatic heterocycles. The summed E-state index contributed by atoms with van der Waals surface area (Å²) in [6.45, 7) is 1.10. The minimum atomic E-state index is -0.460. The molecule has 2 amide bonds. The van der Waals surface area contributed by atoms with Gasteiger partial charge in [0.2, 0.25) is 5.91 Å². The van der Waals surface area contributed by atoms with Gasteiger partial charge in [0.25, 0.3) is 5.91 Å². The number of nitrogens with zero attached hydrogens (tertiary/aromatic N) is 2. The summed E-state index contributed by atoms with van der Waals surface area (Å²) in [6, 6.07) is 14.8. The summed E-state index contributed by atoms with van der Waals surface area (Å²) in [7, 11) is 0. The minimum absolute atomic E-state index is 0.00816. The van der Waals surface area contributed by atoms with Gasteiger partial charge in [0.1, 0.15) is 11.6 Å². The fourth-order valence-corrected chi connectivity index (χ4v) is 3.93. The lowest BCUT2D eigenvalue weighted by Gasteiger charge is -2.28. The number of para-hydroxylation sites is 1. The van der Waals surface area contributed by atoms with Crippen molar-refractivity contribution in [1.29, 1.82) is 0 Å². The number of aromatic amines is 1. The molecule has 2 aromatic carbocycles. The summed E-state index contributed by atoms with van der Waals surface area (Å²) in [5, 5.41) is 0. The van der Waals surface area contributed by atoms with E-state index in [0.717, 1.165) is 34.1 Å². The minimum Gasteiger partial charge on any atom is -0.480 e. The van der Waals surface area contributed by atoms with Crippen LogP contribution in [-0.2, 0) is 24.2 Å². The molecule has 0 spiro atoms. The number of rotatable bonds is 3. The summed E-state index contributed by atoms with van der Waals surface area (Å²) >= 11 is 0. The van der Waals surface area contributed by atoms with Gasteiger partial charge in [0.05, 0.1) is 17.9 Å². The highest BCUT2D eigenvalue weighted by atomic mass is 16.5. The Bertz CT molecular complexity index is 1080. The lowest BCUT2D eigenvalue weighted by molar-refractivity contribution is -0.138. The summed E-state index contributed by atoms with van der Waals surface area (Å²) in [5.41, 5.74) is 9.61. The monoisotopic (exact) mass is 388 g/mol. The number of nitrogens with two attached hydrogens (primary N) is 1. The fourth-order valence-electron chi connectivity index (χ4n) is 3.93. The molecule has 2 aliphatic rings. The van der Waals surface area contributed by atoms with Gasteiger partial charge in [-0.1, -0.05) is 30.3 Å². The molecule has 0 aliphatic carbocycles. The second-order valence-electron chi connectivity index (χ2n) is 7.38. The van der Waals surface area contributed by atoms with E-state index in [1.807, 2.05) is 41.3 Å². The van der Waals surface area contributed by atoms with E-state index in [9.17, 15) is 9.59 Å². The van der Waals surface area contributed by atoms with E-state index in [1.165, 1.54) is 0 Å². The number of ether oxygens (including phenoxy) is 1. The Kier molecular flexibility index (Phi) is 4.08. The second kappa shape index (κ2) is 6.77. The molecule has 0 fully saturated rings. The lowest BCUT2D eigenvalue weighted by Crippen LogP contribution is -2.43. The van der Waals surface area contributed by atoms with Crippen LogP contribution in [0, 0.1) is 0 Å². The largest absolute Gasteiger partial charge is 0.480 e. The third-order valence-corrected chi connectivity index (χ3v) is 5.51. The van der Waals surface area contributed by atoms with Crippen molar-refractivity contribution in [3.05, 3.63) is 71.0 Å². The molecule has 0 unspecified atom stereocenters. The molecule has 3 N–H and O–H groups in total. The van der Waals surface area contributed by atoms with E-state index in [4.69, 9.17) is 10.5 Å². The first-order valence-corrected chi connectivity index (χ1v) is 9.60. The zero-order valence-corrected chi connectivity index (χ0v) is 15.7. The van der Waals surface area contributed by atoms with Gasteiger partial charge in [0.15, 0.2) is 6.10 Å². The Labute approximate surface area is 167 Å². The van der Waals surface area contributed by atoms with Crippen LogP contribution in [0.3, 0.4) is 0 Å². The predicted octanol–water partition coefficient (Wildman–Crippen LogP) is 2.06. The predicted molar refractivity (Wildman–Crippen MR) is 106 cm³/mol. The van der Waals surface area contributed by atoms with Crippen molar-refractivity contribution in [2.45, 2.75) is 25.5 Å². The number of hydrogen-bond donors (Lipinski definition) is 2. The molecule has 7 heteroatoms. The van der Waals surface area contributed by atoms with Crippen molar-refractivity contribution in [3.63, 3.8) is 0 Å². The highest BCUT2D eigenvalue weighted by molar-refractivity contribution is 5.93. The van der Waals surface area contributed by atoms with Crippen LogP contribution in [0.4, 0.5) is 0 Å². The van der Waals surface area contributed by atoms with Gasteiger partial charge in [-0.3, -0.25) is 9.59 Å². The summed E-state index contributed by atoms with van der Waals surface area (Å²) in [5.74, 6) is 1.08. The maximum Gasteiger partial charge on any atom is 0.264 e. The van der Waals surface area contributed by atoms with Crippen molar-refractivity contribution < 1.29 is 14.3 Å². The van der Waals surface area contributed by atoms with Crippen molar-refractivity contribution in [2.24, 2.45) is 5.73 Å². The van der Waals surface area contributed by atoms with Crippen LogP contribution in [0.15, 0.2) is 48.5 Å². The molecule has 1 atom stereocenters. The Hall–Kier alpha value is -3.61. The van der Waals surface area contributed by atoms with Crippen LogP contribution in [0.1, 0.15) is 27.3 Å². The van der Waals surface area contributed by atoms with Gasteiger partial charge in [-0.2, -0.15) is 0 Å². The molecule has 2 aliphatic heterocycles. The molecule has 0 radical (unpaired) electrons. The molecule has 146 valence electrons. The zero-order chi connectivity index (χ0) is 20.0. The number of amides is 2. The smallest absolute Gasteiger partial charge is 0.264 e. The van der Waals surface area contributed by atoms with Crippen LogP contribution in [0.5, 0.6) is 5.75 Å². The highest BCUT2D eigenvalue weighted by Gasteiger charge is 2.34. The van der Waals surface area contributed by atoms with Gasteiger partial charge in [-0.25, -0.2) is 4.98 Å². The fraction of sp³-hybridized carbons (Fsp3) is 0.227. The number of fused-ring (bicyclic) bond motifs is 2. The average Bonchev–Trinajstić information content (AvgIpc) is 3.36. The van der Waals surface area contributed by atoms with E-state index in [0.29, 0.717) is 31.5 Å². The first kappa shape index (κ1) is 17.5. The number of carbonyl (C=O) groups is 2. The van der Waals surface area contributed by atoms with E-state index >= 15 is 0 Å². The average molecular weight is 388 g/mol. The first-order chi connectivity index (χ1) is 14.1. The second-order valence-corrected chi connectivity index (χ2v) is 7.38.